The molecule has 0 aromatic heterocycles. The summed E-state index contributed by atoms with van der Waals surface area (Å²) in [7, 11) is 0. The average Bonchev–Trinajstić information content (AvgIpc) is 3.08. The monoisotopic (exact) mass is 216 g/mol. The van der Waals surface area contributed by atoms with E-state index in [0.717, 1.165) is 12.3 Å². The maximum atomic E-state index is 6.16. The van der Waals surface area contributed by atoms with Gasteiger partial charge in [0.2, 0.25) is 0 Å². The standard InChI is InChI=1S/C14H20N2/c1-9(10-6-7-10)16-14-8-13(15)11-4-2-3-5-12(11)14/h2-5,9-10,13-14,16H,6-8,15H2,1H3. The molecule has 1 aromatic carbocycles. The predicted octanol–water partition coefficient (Wildman–Crippen LogP) is 2.52. The van der Waals surface area contributed by atoms with Crippen LogP contribution in [0.25, 0.3) is 0 Å². The van der Waals surface area contributed by atoms with Crippen molar-refractivity contribution in [2.45, 2.75) is 44.3 Å². The molecular weight excluding hydrogens is 196 g/mol. The van der Waals surface area contributed by atoms with Crippen LogP contribution in [0.1, 0.15) is 49.4 Å². The van der Waals surface area contributed by atoms with E-state index in [2.05, 4.69) is 36.5 Å². The first-order valence-electron chi connectivity index (χ1n) is 6.36. The van der Waals surface area contributed by atoms with Crippen LogP contribution in [0.2, 0.25) is 0 Å². The van der Waals surface area contributed by atoms with Gasteiger partial charge in [-0.05, 0) is 43.2 Å². The van der Waals surface area contributed by atoms with Gasteiger partial charge in [-0.3, -0.25) is 0 Å². The molecule has 3 atom stereocenters. The summed E-state index contributed by atoms with van der Waals surface area (Å²) in [5.74, 6) is 0.906. The van der Waals surface area contributed by atoms with Crippen molar-refractivity contribution in [3.8, 4) is 0 Å². The van der Waals surface area contributed by atoms with Gasteiger partial charge in [0.1, 0.15) is 0 Å². The van der Waals surface area contributed by atoms with Gasteiger partial charge in [-0.15, -0.1) is 0 Å². The van der Waals surface area contributed by atoms with Crippen LogP contribution in [-0.2, 0) is 0 Å². The SMILES string of the molecule is CC(NC1CC(N)c2ccccc21)C1CC1. The molecule has 2 nitrogen and oxygen atoms in total. The Morgan fingerprint density at radius 3 is 2.62 bits per heavy atom. The Morgan fingerprint density at radius 2 is 1.94 bits per heavy atom. The molecule has 0 heterocycles. The predicted molar refractivity (Wildman–Crippen MR) is 66.1 cm³/mol. The second-order valence-corrected chi connectivity index (χ2v) is 5.32. The Bertz CT molecular complexity index is 384. The highest BCUT2D eigenvalue weighted by Crippen LogP contribution is 2.39. The fraction of sp³-hybridized carbons (Fsp3) is 0.571. The highest BCUT2D eigenvalue weighted by atomic mass is 15.0. The minimum absolute atomic E-state index is 0.222. The molecule has 3 rings (SSSR count). The van der Waals surface area contributed by atoms with Crippen LogP contribution in [0.3, 0.4) is 0 Å². The topological polar surface area (TPSA) is 38.0 Å². The Hall–Kier alpha value is -0.860. The Morgan fingerprint density at radius 1 is 1.25 bits per heavy atom. The van der Waals surface area contributed by atoms with Crippen LogP contribution < -0.4 is 11.1 Å². The van der Waals surface area contributed by atoms with E-state index in [0.29, 0.717) is 12.1 Å². The van der Waals surface area contributed by atoms with E-state index in [4.69, 9.17) is 5.73 Å². The minimum atomic E-state index is 0.222. The summed E-state index contributed by atoms with van der Waals surface area (Å²) in [6.45, 7) is 2.31. The molecule has 2 aliphatic carbocycles. The molecule has 0 spiro atoms. The molecule has 0 radical (unpaired) electrons. The summed E-state index contributed by atoms with van der Waals surface area (Å²) in [6.07, 6.45) is 3.85. The zero-order chi connectivity index (χ0) is 11.1. The van der Waals surface area contributed by atoms with E-state index in [1.54, 1.807) is 0 Å². The highest BCUT2D eigenvalue weighted by Gasteiger charge is 2.33. The quantitative estimate of drug-likeness (QED) is 0.814. The van der Waals surface area contributed by atoms with Crippen molar-refractivity contribution in [1.29, 1.82) is 0 Å². The molecular formula is C14H20N2. The fourth-order valence-corrected chi connectivity index (χ4v) is 2.88. The number of nitrogens with two attached hydrogens (primary N) is 1. The van der Waals surface area contributed by atoms with Crippen LogP contribution >= 0.6 is 0 Å². The number of nitrogens with one attached hydrogen (secondary N) is 1. The highest BCUT2D eigenvalue weighted by molar-refractivity contribution is 5.37. The third-order valence-electron chi connectivity index (χ3n) is 4.05. The summed E-state index contributed by atoms with van der Waals surface area (Å²) in [5, 5.41) is 3.75. The molecule has 0 saturated heterocycles. The zero-order valence-corrected chi connectivity index (χ0v) is 9.82. The summed E-state index contributed by atoms with van der Waals surface area (Å²) >= 11 is 0. The van der Waals surface area contributed by atoms with Crippen molar-refractivity contribution >= 4 is 0 Å². The van der Waals surface area contributed by atoms with E-state index in [-0.39, 0.29) is 6.04 Å². The molecule has 3 unspecified atom stereocenters. The van der Waals surface area contributed by atoms with Crippen LogP contribution in [0.5, 0.6) is 0 Å². The fourth-order valence-electron chi connectivity index (χ4n) is 2.88. The van der Waals surface area contributed by atoms with Gasteiger partial charge in [-0.2, -0.15) is 0 Å². The van der Waals surface area contributed by atoms with Gasteiger partial charge in [-0.25, -0.2) is 0 Å². The van der Waals surface area contributed by atoms with Crippen molar-refractivity contribution in [1.82, 2.24) is 5.32 Å². The molecule has 1 saturated carbocycles. The van der Waals surface area contributed by atoms with E-state index in [1.807, 2.05) is 0 Å². The van der Waals surface area contributed by atoms with Gasteiger partial charge < -0.3 is 11.1 Å². The molecule has 86 valence electrons. The lowest BCUT2D eigenvalue weighted by molar-refractivity contribution is 0.408. The van der Waals surface area contributed by atoms with Crippen molar-refractivity contribution in [2.24, 2.45) is 11.7 Å². The van der Waals surface area contributed by atoms with Crippen molar-refractivity contribution in [3.05, 3.63) is 35.4 Å². The smallest absolute Gasteiger partial charge is 0.0344 e. The molecule has 16 heavy (non-hydrogen) atoms. The van der Waals surface area contributed by atoms with E-state index < -0.39 is 0 Å². The molecule has 0 aliphatic heterocycles. The third kappa shape index (κ3) is 1.76. The Labute approximate surface area is 97.2 Å². The summed E-state index contributed by atoms with van der Waals surface area (Å²) in [6, 6.07) is 9.94. The van der Waals surface area contributed by atoms with E-state index in [9.17, 15) is 0 Å². The van der Waals surface area contributed by atoms with E-state index >= 15 is 0 Å². The Balaban J connectivity index is 1.77. The van der Waals surface area contributed by atoms with Crippen molar-refractivity contribution in [2.75, 3.05) is 0 Å². The van der Waals surface area contributed by atoms with Gasteiger partial charge in [0.05, 0.1) is 0 Å². The largest absolute Gasteiger partial charge is 0.324 e. The van der Waals surface area contributed by atoms with Gasteiger partial charge in [0.15, 0.2) is 0 Å². The maximum absolute atomic E-state index is 6.16. The second kappa shape index (κ2) is 3.86. The molecule has 1 aromatic rings. The first-order valence-corrected chi connectivity index (χ1v) is 6.36. The third-order valence-corrected chi connectivity index (χ3v) is 4.05. The van der Waals surface area contributed by atoms with Crippen LogP contribution in [0, 0.1) is 5.92 Å². The summed E-state index contributed by atoms with van der Waals surface area (Å²) in [4.78, 5) is 0. The Kier molecular flexibility index (Phi) is 2.49. The lowest BCUT2D eigenvalue weighted by atomic mass is 10.1. The number of benzene rings is 1. The summed E-state index contributed by atoms with van der Waals surface area (Å²) in [5.41, 5.74) is 8.92. The van der Waals surface area contributed by atoms with Gasteiger partial charge in [0.25, 0.3) is 0 Å². The molecule has 2 aliphatic rings. The van der Waals surface area contributed by atoms with Crippen molar-refractivity contribution in [3.63, 3.8) is 0 Å². The minimum Gasteiger partial charge on any atom is -0.324 e. The van der Waals surface area contributed by atoms with Gasteiger partial charge in [0, 0.05) is 18.1 Å². The lowest BCUT2D eigenvalue weighted by Gasteiger charge is -2.20. The first-order chi connectivity index (χ1) is 7.75. The number of rotatable bonds is 3. The van der Waals surface area contributed by atoms with Gasteiger partial charge in [-0.1, -0.05) is 24.3 Å². The number of hydrogen-bond acceptors (Lipinski definition) is 2. The molecule has 0 amide bonds. The average molecular weight is 216 g/mol. The number of hydrogen-bond donors (Lipinski definition) is 2. The first kappa shape index (κ1) is 10.3. The van der Waals surface area contributed by atoms with Crippen LogP contribution in [0.15, 0.2) is 24.3 Å². The molecule has 2 heteroatoms. The van der Waals surface area contributed by atoms with Crippen molar-refractivity contribution < 1.29 is 0 Å². The molecule has 1 fully saturated rings. The summed E-state index contributed by atoms with van der Waals surface area (Å²) < 4.78 is 0. The van der Waals surface area contributed by atoms with Gasteiger partial charge >= 0.3 is 0 Å². The van der Waals surface area contributed by atoms with Crippen LogP contribution in [-0.4, -0.2) is 6.04 Å². The number of fused-ring (bicyclic) bond motifs is 1. The zero-order valence-electron chi connectivity index (χ0n) is 9.82. The maximum Gasteiger partial charge on any atom is 0.0344 e. The van der Waals surface area contributed by atoms with Crippen LogP contribution in [0.4, 0.5) is 0 Å². The normalized spacial score (nSPS) is 30.1. The molecule has 0 bridgehead atoms. The second-order valence-electron chi connectivity index (χ2n) is 5.32. The van der Waals surface area contributed by atoms with E-state index in [1.165, 1.54) is 24.0 Å². The molecule has 3 N–H and O–H groups in total. The lowest BCUT2D eigenvalue weighted by Crippen LogP contribution is -2.31.